The second-order valence-corrected chi connectivity index (χ2v) is 9.58. The van der Waals surface area contributed by atoms with Crippen LogP contribution >= 0.6 is 11.8 Å². The number of hydrogen-bond donors (Lipinski definition) is 0. The molecule has 1 aliphatic heterocycles. The van der Waals surface area contributed by atoms with Crippen LogP contribution in [-0.4, -0.2) is 24.8 Å². The molecule has 1 aliphatic rings. The molecule has 6 heteroatoms. The maximum Gasteiger partial charge on any atom is 0.271 e. The van der Waals surface area contributed by atoms with Crippen LogP contribution in [0.1, 0.15) is 34.7 Å². The van der Waals surface area contributed by atoms with Crippen molar-refractivity contribution in [3.05, 3.63) is 87.3 Å². The Morgan fingerprint density at radius 3 is 2.34 bits per heavy atom. The molecule has 0 aliphatic carbocycles. The van der Waals surface area contributed by atoms with E-state index in [0.717, 1.165) is 39.2 Å². The number of anilines is 1. The number of aliphatic imine (C=N–C) groups is 1. The number of amidine groups is 1. The van der Waals surface area contributed by atoms with E-state index in [1.165, 1.54) is 11.8 Å². The third kappa shape index (κ3) is 5.28. The molecule has 0 saturated carbocycles. The van der Waals surface area contributed by atoms with Crippen molar-refractivity contribution in [3.63, 3.8) is 0 Å². The smallest absolute Gasteiger partial charge is 0.271 e. The molecule has 3 aromatic rings. The van der Waals surface area contributed by atoms with Crippen LogP contribution in [-0.2, 0) is 4.79 Å². The van der Waals surface area contributed by atoms with Crippen LogP contribution in [0, 0.1) is 27.7 Å². The Morgan fingerprint density at radius 1 is 0.914 bits per heavy atom. The molecule has 1 fully saturated rings. The topological polar surface area (TPSA) is 51.1 Å². The average molecular weight is 487 g/mol. The van der Waals surface area contributed by atoms with E-state index < -0.39 is 0 Å². The van der Waals surface area contributed by atoms with Crippen LogP contribution in [0.2, 0.25) is 0 Å². The van der Waals surface area contributed by atoms with Crippen LogP contribution < -0.4 is 14.4 Å². The fourth-order valence-electron chi connectivity index (χ4n) is 3.86. The molecule has 3 aromatic carbocycles. The van der Waals surface area contributed by atoms with E-state index in [2.05, 4.69) is 18.2 Å². The number of rotatable bonds is 6. The maximum absolute atomic E-state index is 13.8. The van der Waals surface area contributed by atoms with Gasteiger partial charge in [0.25, 0.3) is 5.91 Å². The fourth-order valence-corrected chi connectivity index (χ4v) is 4.85. The first kappa shape index (κ1) is 24.6. The van der Waals surface area contributed by atoms with E-state index in [1.54, 1.807) is 12.0 Å². The molecule has 1 heterocycles. The lowest BCUT2D eigenvalue weighted by Gasteiger charge is -2.19. The quantitative estimate of drug-likeness (QED) is 0.348. The number of nitrogens with zero attached hydrogens (tertiary/aromatic N) is 2. The predicted octanol–water partition coefficient (Wildman–Crippen LogP) is 7.14. The first-order valence-electron chi connectivity index (χ1n) is 11.6. The van der Waals surface area contributed by atoms with Gasteiger partial charge in [-0.25, -0.2) is 4.99 Å². The zero-order valence-corrected chi connectivity index (χ0v) is 21.8. The molecule has 0 unspecified atom stereocenters. The molecule has 0 atom stereocenters. The Kier molecular flexibility index (Phi) is 7.31. The van der Waals surface area contributed by atoms with Gasteiger partial charge in [0.2, 0.25) is 0 Å². The number of methoxy groups -OCH3 is 1. The van der Waals surface area contributed by atoms with Crippen molar-refractivity contribution in [2.24, 2.45) is 4.99 Å². The number of benzene rings is 3. The van der Waals surface area contributed by atoms with Crippen LogP contribution in [0.3, 0.4) is 0 Å². The Labute approximate surface area is 211 Å². The van der Waals surface area contributed by atoms with Gasteiger partial charge >= 0.3 is 0 Å². The molecule has 0 aromatic heterocycles. The van der Waals surface area contributed by atoms with Gasteiger partial charge in [-0.2, -0.15) is 0 Å². The van der Waals surface area contributed by atoms with E-state index in [-0.39, 0.29) is 5.91 Å². The summed E-state index contributed by atoms with van der Waals surface area (Å²) in [5.41, 5.74) is 6.85. The lowest BCUT2D eigenvalue weighted by Crippen LogP contribution is -2.29. The molecule has 0 spiro atoms. The van der Waals surface area contributed by atoms with Crippen molar-refractivity contribution in [2.75, 3.05) is 18.6 Å². The summed E-state index contributed by atoms with van der Waals surface area (Å²) in [5.74, 6) is 1.21. The van der Waals surface area contributed by atoms with Crippen molar-refractivity contribution in [2.45, 2.75) is 34.6 Å². The van der Waals surface area contributed by atoms with Gasteiger partial charge in [-0.3, -0.25) is 9.69 Å². The Morgan fingerprint density at radius 2 is 1.63 bits per heavy atom. The number of hydrogen-bond acceptors (Lipinski definition) is 5. The van der Waals surface area contributed by atoms with E-state index in [1.807, 2.05) is 77.1 Å². The number of ether oxygens (including phenoxy) is 2. The predicted molar refractivity (Wildman–Crippen MR) is 146 cm³/mol. The number of thioether (sulfide) groups is 1. The van der Waals surface area contributed by atoms with Crippen molar-refractivity contribution in [3.8, 4) is 11.5 Å². The second-order valence-electron chi connectivity index (χ2n) is 8.57. The van der Waals surface area contributed by atoms with Crippen molar-refractivity contribution in [1.29, 1.82) is 0 Å². The lowest BCUT2D eigenvalue weighted by molar-refractivity contribution is -0.113. The molecule has 35 heavy (non-hydrogen) atoms. The molecule has 1 amide bonds. The third-order valence-corrected chi connectivity index (χ3v) is 6.75. The zero-order valence-electron chi connectivity index (χ0n) is 21.0. The summed E-state index contributed by atoms with van der Waals surface area (Å²) in [6.45, 7) is 10.6. The highest BCUT2D eigenvalue weighted by Gasteiger charge is 2.35. The van der Waals surface area contributed by atoms with E-state index in [4.69, 9.17) is 14.5 Å². The van der Waals surface area contributed by atoms with Crippen LogP contribution in [0.25, 0.3) is 6.08 Å². The van der Waals surface area contributed by atoms with Gasteiger partial charge in [0.05, 0.1) is 30.0 Å². The van der Waals surface area contributed by atoms with Crippen molar-refractivity contribution < 1.29 is 14.3 Å². The summed E-state index contributed by atoms with van der Waals surface area (Å²) in [6.07, 6.45) is 1.88. The summed E-state index contributed by atoms with van der Waals surface area (Å²) < 4.78 is 11.1. The van der Waals surface area contributed by atoms with E-state index in [9.17, 15) is 4.79 Å². The summed E-state index contributed by atoms with van der Waals surface area (Å²) in [5, 5.41) is 0.640. The molecule has 0 bridgehead atoms. The summed E-state index contributed by atoms with van der Waals surface area (Å²) in [6, 6.07) is 18.0. The summed E-state index contributed by atoms with van der Waals surface area (Å²) >= 11 is 1.38. The van der Waals surface area contributed by atoms with Gasteiger partial charge in [-0.05, 0) is 105 Å². The number of carbonyl (C=O) groups excluding carboxylic acids is 1. The first-order valence-corrected chi connectivity index (χ1v) is 12.4. The van der Waals surface area contributed by atoms with Gasteiger partial charge in [-0.15, -0.1) is 0 Å². The van der Waals surface area contributed by atoms with Crippen molar-refractivity contribution >= 4 is 40.3 Å². The van der Waals surface area contributed by atoms with Crippen LogP contribution in [0.15, 0.2) is 64.5 Å². The lowest BCUT2D eigenvalue weighted by atomic mass is 10.1. The minimum Gasteiger partial charge on any atom is -0.493 e. The highest BCUT2D eigenvalue weighted by Crippen LogP contribution is 2.40. The highest BCUT2D eigenvalue weighted by atomic mass is 32.2. The van der Waals surface area contributed by atoms with Gasteiger partial charge < -0.3 is 9.47 Å². The molecule has 0 N–H and O–H groups in total. The standard InChI is InChI=1S/C29H30N2O3S/c1-7-34-25-13-12-22(16-26(25)33-6)17-27-28(32)31(24-15-19(3)9-11-21(24)5)29(35-27)30-23-14-18(2)8-10-20(23)4/h8-17H,7H2,1-6H3/b27-17+,30-29?. The largest absolute Gasteiger partial charge is 0.493 e. The number of amides is 1. The molecular weight excluding hydrogens is 456 g/mol. The highest BCUT2D eigenvalue weighted by molar-refractivity contribution is 8.19. The number of carbonyl (C=O) groups is 1. The van der Waals surface area contributed by atoms with Gasteiger partial charge in [0.15, 0.2) is 16.7 Å². The van der Waals surface area contributed by atoms with Crippen molar-refractivity contribution in [1.82, 2.24) is 0 Å². The Bertz CT molecular complexity index is 1340. The third-order valence-electron chi connectivity index (χ3n) is 5.78. The SMILES string of the molecule is CCOc1ccc(/C=C2/SC(=Nc3cc(C)ccc3C)N(c3cc(C)ccc3C)C2=O)cc1OC. The second kappa shape index (κ2) is 10.4. The zero-order chi connectivity index (χ0) is 25.1. The van der Waals surface area contributed by atoms with Gasteiger partial charge in [0.1, 0.15) is 0 Å². The fraction of sp³-hybridized carbons (Fsp3) is 0.241. The number of aryl methyl sites for hydroxylation is 4. The molecule has 4 rings (SSSR count). The Hall–Kier alpha value is -3.51. The Balaban J connectivity index is 1.82. The molecule has 0 radical (unpaired) electrons. The minimum atomic E-state index is -0.0967. The molecule has 180 valence electrons. The average Bonchev–Trinajstić information content (AvgIpc) is 3.13. The van der Waals surface area contributed by atoms with E-state index in [0.29, 0.717) is 28.2 Å². The van der Waals surface area contributed by atoms with Crippen LogP contribution in [0.5, 0.6) is 11.5 Å². The monoisotopic (exact) mass is 486 g/mol. The maximum atomic E-state index is 13.8. The minimum absolute atomic E-state index is 0.0967. The summed E-state index contributed by atoms with van der Waals surface area (Å²) in [7, 11) is 1.61. The van der Waals surface area contributed by atoms with Gasteiger partial charge in [0, 0.05) is 0 Å². The molecular formula is C29H30N2O3S. The summed E-state index contributed by atoms with van der Waals surface area (Å²) in [4.78, 5) is 21.0. The molecule has 1 saturated heterocycles. The van der Waals surface area contributed by atoms with Gasteiger partial charge in [-0.1, -0.05) is 30.3 Å². The van der Waals surface area contributed by atoms with E-state index >= 15 is 0 Å². The molecule has 5 nitrogen and oxygen atoms in total. The first-order chi connectivity index (χ1) is 16.8. The van der Waals surface area contributed by atoms with Crippen LogP contribution in [0.4, 0.5) is 11.4 Å². The normalized spacial score (nSPS) is 15.8.